The second kappa shape index (κ2) is 6.67. The van der Waals surface area contributed by atoms with Gasteiger partial charge in [0.25, 0.3) is 5.56 Å². The van der Waals surface area contributed by atoms with Crippen LogP contribution in [0.3, 0.4) is 0 Å². The van der Waals surface area contributed by atoms with Gasteiger partial charge in [-0.15, -0.1) is 0 Å². The second-order valence-corrected chi connectivity index (χ2v) is 7.34. The highest BCUT2D eigenvalue weighted by atomic mass is 32.2. The lowest BCUT2D eigenvalue weighted by Crippen LogP contribution is -2.43. The van der Waals surface area contributed by atoms with Gasteiger partial charge in [0.05, 0.1) is 23.4 Å². The van der Waals surface area contributed by atoms with Crippen LogP contribution in [0.25, 0.3) is 10.9 Å². The van der Waals surface area contributed by atoms with Gasteiger partial charge in [0.2, 0.25) is 10.0 Å². The number of alkyl halides is 3. The molecule has 0 amide bonds. The average Bonchev–Trinajstić information content (AvgIpc) is 2.58. The Kier molecular flexibility index (Phi) is 4.62. The van der Waals surface area contributed by atoms with Crippen LogP contribution in [-0.2, 0) is 16.2 Å². The molecule has 2 heterocycles. The number of benzene rings is 1. The molecule has 0 saturated carbocycles. The van der Waals surface area contributed by atoms with Crippen LogP contribution in [0, 0.1) is 0 Å². The number of aromatic amines is 1. The van der Waals surface area contributed by atoms with Gasteiger partial charge in [0.1, 0.15) is 17.1 Å². The van der Waals surface area contributed by atoms with Crippen molar-refractivity contribution >= 4 is 20.9 Å². The first kappa shape index (κ1) is 19.4. The summed E-state index contributed by atoms with van der Waals surface area (Å²) in [6.07, 6.45) is -1.60. The van der Waals surface area contributed by atoms with Crippen molar-refractivity contribution in [1.29, 1.82) is 0 Å². The van der Waals surface area contributed by atoms with E-state index in [1.165, 1.54) is 24.5 Å². The number of hydrogen-bond acceptors (Lipinski definition) is 6. The first-order valence-corrected chi connectivity index (χ1v) is 9.31. The Morgan fingerprint density at radius 3 is 2.54 bits per heavy atom. The normalized spacial score (nSPS) is 12.1. The molecule has 3 aromatic rings. The lowest BCUT2D eigenvalue weighted by molar-refractivity contribution is -0.138. The molecule has 148 valence electrons. The summed E-state index contributed by atoms with van der Waals surface area (Å²) >= 11 is 0. The first-order chi connectivity index (χ1) is 13.0. The zero-order valence-corrected chi connectivity index (χ0v) is 14.8. The summed E-state index contributed by atoms with van der Waals surface area (Å²) in [6.45, 7) is 0. The van der Waals surface area contributed by atoms with Crippen LogP contribution < -0.4 is 20.8 Å². The maximum Gasteiger partial charge on any atom is 0.420 e. The van der Waals surface area contributed by atoms with Gasteiger partial charge < -0.3 is 9.72 Å². The van der Waals surface area contributed by atoms with Crippen LogP contribution in [0.4, 0.5) is 13.2 Å². The summed E-state index contributed by atoms with van der Waals surface area (Å²) in [5.41, 5.74) is -4.11. The molecule has 0 unspecified atom stereocenters. The molecule has 3 rings (SSSR count). The molecule has 0 bridgehead atoms. The van der Waals surface area contributed by atoms with Crippen molar-refractivity contribution in [1.82, 2.24) is 14.6 Å². The molecule has 0 saturated heterocycles. The number of sulfonamides is 1. The Morgan fingerprint density at radius 1 is 1.25 bits per heavy atom. The molecule has 9 nitrogen and oxygen atoms in total. The van der Waals surface area contributed by atoms with Gasteiger partial charge in [0.15, 0.2) is 0 Å². The number of halogens is 3. The van der Waals surface area contributed by atoms with E-state index in [0.29, 0.717) is 12.3 Å². The Bertz CT molecular complexity index is 1270. The smallest absolute Gasteiger partial charge is 0.420 e. The van der Waals surface area contributed by atoms with Crippen LogP contribution in [0.15, 0.2) is 46.2 Å². The number of nitrogens with zero attached hydrogens (tertiary/aromatic N) is 2. The molecule has 0 radical (unpaired) electrons. The van der Waals surface area contributed by atoms with Crippen molar-refractivity contribution < 1.29 is 26.3 Å². The van der Waals surface area contributed by atoms with Crippen molar-refractivity contribution in [3.8, 4) is 11.5 Å². The van der Waals surface area contributed by atoms with Crippen molar-refractivity contribution in [2.24, 2.45) is 0 Å². The van der Waals surface area contributed by atoms with E-state index in [0.717, 1.165) is 6.07 Å². The van der Waals surface area contributed by atoms with Gasteiger partial charge in [-0.3, -0.25) is 9.78 Å². The third-order valence-electron chi connectivity index (χ3n) is 3.42. The standard InChI is InChI=1S/C15H11F3N4O5S/c1-28(25,26)21-22-13(23)9-5-12(27-8-3-2-4-19-7-8)10(15(16,17)18)6-11(9)20-14(22)24/h2-7,21H,1H3,(H,20,24). The van der Waals surface area contributed by atoms with Gasteiger partial charge in [-0.2, -0.15) is 17.8 Å². The molecular weight excluding hydrogens is 405 g/mol. The molecule has 28 heavy (non-hydrogen) atoms. The fourth-order valence-electron chi connectivity index (χ4n) is 2.33. The molecule has 2 N–H and O–H groups in total. The summed E-state index contributed by atoms with van der Waals surface area (Å²) < 4.78 is 68.3. The molecule has 0 fully saturated rings. The fourth-order valence-corrected chi connectivity index (χ4v) is 2.83. The number of rotatable bonds is 4. The SMILES string of the molecule is CS(=O)(=O)Nn1c(=O)[nH]c2cc(C(F)(F)F)c(Oc3cccnc3)cc2c1=O. The van der Waals surface area contributed by atoms with E-state index in [1.807, 2.05) is 4.98 Å². The van der Waals surface area contributed by atoms with E-state index in [-0.39, 0.29) is 10.4 Å². The largest absolute Gasteiger partial charge is 0.455 e. The van der Waals surface area contributed by atoms with Gasteiger partial charge in [-0.05, 0) is 24.3 Å². The monoisotopic (exact) mass is 416 g/mol. The minimum absolute atomic E-state index is 0.0219. The Balaban J connectivity index is 2.29. The van der Waals surface area contributed by atoms with Gasteiger partial charge in [-0.25, -0.2) is 18.0 Å². The van der Waals surface area contributed by atoms with E-state index in [4.69, 9.17) is 4.74 Å². The van der Waals surface area contributed by atoms with Crippen LogP contribution in [-0.4, -0.2) is 29.3 Å². The highest BCUT2D eigenvalue weighted by Gasteiger charge is 2.35. The van der Waals surface area contributed by atoms with Crippen molar-refractivity contribution in [3.63, 3.8) is 0 Å². The minimum Gasteiger partial charge on any atom is -0.455 e. The van der Waals surface area contributed by atoms with Crippen molar-refractivity contribution in [2.75, 3.05) is 11.1 Å². The number of pyridine rings is 1. The summed E-state index contributed by atoms with van der Waals surface area (Å²) in [6, 6.07) is 4.09. The zero-order valence-electron chi connectivity index (χ0n) is 13.9. The third-order valence-corrected chi connectivity index (χ3v) is 3.94. The zero-order chi connectivity index (χ0) is 20.7. The molecule has 0 atom stereocenters. The molecule has 2 aromatic heterocycles. The molecule has 0 aliphatic heterocycles. The fraction of sp³-hybridized carbons (Fsp3) is 0.133. The van der Waals surface area contributed by atoms with Gasteiger partial charge in [0, 0.05) is 6.20 Å². The average molecular weight is 416 g/mol. The number of nitrogens with one attached hydrogen (secondary N) is 2. The van der Waals surface area contributed by atoms with Gasteiger partial charge >= 0.3 is 11.9 Å². The Hall–Kier alpha value is -3.35. The molecular formula is C15H11F3N4O5S. The van der Waals surface area contributed by atoms with Gasteiger partial charge in [-0.1, -0.05) is 0 Å². The Morgan fingerprint density at radius 2 is 1.96 bits per heavy atom. The van der Waals surface area contributed by atoms with E-state index in [1.54, 1.807) is 4.83 Å². The molecule has 0 spiro atoms. The predicted molar refractivity (Wildman–Crippen MR) is 92.3 cm³/mol. The number of ether oxygens (including phenoxy) is 1. The minimum atomic E-state index is -4.86. The topological polar surface area (TPSA) is 123 Å². The molecule has 0 aliphatic carbocycles. The maximum absolute atomic E-state index is 13.4. The first-order valence-electron chi connectivity index (χ1n) is 7.42. The van der Waals surface area contributed by atoms with Crippen molar-refractivity contribution in [2.45, 2.75) is 6.18 Å². The number of aromatic nitrogens is 3. The van der Waals surface area contributed by atoms with Crippen LogP contribution in [0.5, 0.6) is 11.5 Å². The molecule has 13 heteroatoms. The predicted octanol–water partition coefficient (Wildman–Crippen LogP) is 1.40. The summed E-state index contributed by atoms with van der Waals surface area (Å²) in [5.74, 6) is -0.741. The Labute approximate surface area is 154 Å². The summed E-state index contributed by atoms with van der Waals surface area (Å²) in [4.78, 5) is 31.8. The van der Waals surface area contributed by atoms with Crippen LogP contribution in [0.2, 0.25) is 0 Å². The lowest BCUT2D eigenvalue weighted by Gasteiger charge is -2.15. The van der Waals surface area contributed by atoms with E-state index >= 15 is 0 Å². The van der Waals surface area contributed by atoms with E-state index < -0.39 is 49.7 Å². The highest BCUT2D eigenvalue weighted by Crippen LogP contribution is 2.39. The van der Waals surface area contributed by atoms with Crippen LogP contribution >= 0.6 is 0 Å². The van der Waals surface area contributed by atoms with Crippen molar-refractivity contribution in [3.05, 3.63) is 63.1 Å². The number of fused-ring (bicyclic) bond motifs is 1. The maximum atomic E-state index is 13.4. The quantitative estimate of drug-likeness (QED) is 0.663. The number of hydrogen-bond donors (Lipinski definition) is 2. The van der Waals surface area contributed by atoms with Crippen LogP contribution in [0.1, 0.15) is 5.56 Å². The third kappa shape index (κ3) is 3.98. The molecule has 0 aliphatic rings. The molecule has 1 aromatic carbocycles. The summed E-state index contributed by atoms with van der Waals surface area (Å²) in [7, 11) is -4.01. The van der Waals surface area contributed by atoms with E-state index in [9.17, 15) is 31.2 Å². The second-order valence-electron chi connectivity index (χ2n) is 5.62. The lowest BCUT2D eigenvalue weighted by atomic mass is 10.1. The van der Waals surface area contributed by atoms with E-state index in [2.05, 4.69) is 4.98 Å². The number of H-pyrrole nitrogens is 1. The summed E-state index contributed by atoms with van der Waals surface area (Å²) in [5, 5.41) is -0.400. The highest BCUT2D eigenvalue weighted by molar-refractivity contribution is 7.91.